The van der Waals surface area contributed by atoms with Crippen LogP contribution >= 0.6 is 0 Å². The van der Waals surface area contributed by atoms with Gasteiger partial charge in [-0.25, -0.2) is 0 Å². The van der Waals surface area contributed by atoms with Gasteiger partial charge in [-0.1, -0.05) is 50.2 Å². The summed E-state index contributed by atoms with van der Waals surface area (Å²) in [5.41, 5.74) is 6.57. The second-order valence-corrected chi connectivity index (χ2v) is 5.48. The zero-order valence-corrected chi connectivity index (χ0v) is 11.5. The molecule has 108 valence electrons. The lowest BCUT2D eigenvalue weighted by Crippen LogP contribution is -2.28. The fourth-order valence-electron chi connectivity index (χ4n) is 2.46. The van der Waals surface area contributed by atoms with Gasteiger partial charge in [0.1, 0.15) is 6.04 Å². The van der Waals surface area contributed by atoms with Gasteiger partial charge >= 0.3 is 6.18 Å². The van der Waals surface area contributed by atoms with Crippen LogP contribution in [0.25, 0.3) is 10.8 Å². The van der Waals surface area contributed by atoms with Gasteiger partial charge in [0.25, 0.3) is 0 Å². The Morgan fingerprint density at radius 1 is 1.00 bits per heavy atom. The van der Waals surface area contributed by atoms with Gasteiger partial charge < -0.3 is 5.73 Å². The monoisotopic (exact) mass is 281 g/mol. The molecule has 0 radical (unpaired) electrons. The van der Waals surface area contributed by atoms with Crippen LogP contribution in [-0.4, -0.2) is 6.18 Å². The fourth-order valence-corrected chi connectivity index (χ4v) is 2.46. The van der Waals surface area contributed by atoms with Gasteiger partial charge in [0.05, 0.1) is 0 Å². The van der Waals surface area contributed by atoms with Gasteiger partial charge in [-0.2, -0.15) is 13.2 Å². The zero-order valence-electron chi connectivity index (χ0n) is 11.5. The van der Waals surface area contributed by atoms with E-state index in [1.165, 1.54) is 6.07 Å². The summed E-state index contributed by atoms with van der Waals surface area (Å²) in [6.45, 7) is 4.17. The first-order valence-corrected chi connectivity index (χ1v) is 6.63. The Morgan fingerprint density at radius 3 is 2.20 bits per heavy atom. The lowest BCUT2D eigenvalue weighted by molar-refractivity contribution is -0.148. The van der Waals surface area contributed by atoms with Crippen LogP contribution in [0.3, 0.4) is 0 Å². The van der Waals surface area contributed by atoms with Crippen molar-refractivity contribution in [3.05, 3.63) is 47.5 Å². The Bertz CT molecular complexity index is 602. The number of benzene rings is 2. The fraction of sp³-hybridized carbons (Fsp3) is 0.375. The van der Waals surface area contributed by atoms with Crippen molar-refractivity contribution in [2.75, 3.05) is 0 Å². The summed E-state index contributed by atoms with van der Waals surface area (Å²) in [4.78, 5) is 0. The van der Waals surface area contributed by atoms with Crippen molar-refractivity contribution in [3.8, 4) is 0 Å². The third-order valence-corrected chi connectivity index (χ3v) is 3.36. The van der Waals surface area contributed by atoms with Gasteiger partial charge in [-0.05, 0) is 34.2 Å². The number of hydrogen-bond donors (Lipinski definition) is 1. The van der Waals surface area contributed by atoms with Crippen molar-refractivity contribution in [2.24, 2.45) is 11.7 Å². The molecular formula is C16H18F3N. The van der Waals surface area contributed by atoms with Crippen molar-refractivity contribution in [3.63, 3.8) is 0 Å². The smallest absolute Gasteiger partial charge is 0.316 e. The molecule has 0 aliphatic rings. The molecule has 1 atom stereocenters. The molecule has 0 unspecified atom stereocenters. The highest BCUT2D eigenvalue weighted by Crippen LogP contribution is 2.35. The summed E-state index contributed by atoms with van der Waals surface area (Å²) in [7, 11) is 0. The molecule has 0 fully saturated rings. The molecule has 0 amide bonds. The molecule has 0 aliphatic carbocycles. The maximum atomic E-state index is 12.8. The highest BCUT2D eigenvalue weighted by molar-refractivity contribution is 5.89. The molecule has 20 heavy (non-hydrogen) atoms. The maximum Gasteiger partial charge on any atom is 0.407 e. The van der Waals surface area contributed by atoms with E-state index in [2.05, 4.69) is 13.8 Å². The highest BCUT2D eigenvalue weighted by atomic mass is 19.4. The molecule has 2 aromatic carbocycles. The minimum atomic E-state index is -4.43. The molecule has 0 aromatic heterocycles. The number of fused-ring (bicyclic) bond motifs is 1. The number of alkyl halides is 3. The topological polar surface area (TPSA) is 26.0 Å². The van der Waals surface area contributed by atoms with Crippen LogP contribution in [0.15, 0.2) is 36.4 Å². The van der Waals surface area contributed by atoms with E-state index in [1.54, 1.807) is 18.2 Å². The minimum Gasteiger partial charge on any atom is -0.316 e. The normalized spacial score (nSPS) is 13.9. The molecule has 0 aliphatic heterocycles. The van der Waals surface area contributed by atoms with E-state index in [0.717, 1.165) is 17.4 Å². The lowest BCUT2D eigenvalue weighted by atomic mass is 9.92. The van der Waals surface area contributed by atoms with E-state index in [9.17, 15) is 13.2 Å². The third-order valence-electron chi connectivity index (χ3n) is 3.36. The summed E-state index contributed by atoms with van der Waals surface area (Å²) in [5, 5.41) is 1.45. The quantitative estimate of drug-likeness (QED) is 0.874. The maximum absolute atomic E-state index is 12.8. The SMILES string of the molecule is CC(C)Cc1cccc2c([C@H](N)C(F)(F)F)cccc12. The summed E-state index contributed by atoms with van der Waals surface area (Å²) < 4.78 is 38.5. The van der Waals surface area contributed by atoms with Crippen LogP contribution < -0.4 is 5.73 Å². The number of halogens is 3. The van der Waals surface area contributed by atoms with Crippen molar-refractivity contribution in [1.82, 2.24) is 0 Å². The zero-order chi connectivity index (χ0) is 14.9. The van der Waals surface area contributed by atoms with Crippen molar-refractivity contribution in [2.45, 2.75) is 32.5 Å². The van der Waals surface area contributed by atoms with Gasteiger partial charge in [0.15, 0.2) is 0 Å². The van der Waals surface area contributed by atoms with Gasteiger partial charge in [0, 0.05) is 0 Å². The number of hydrogen-bond acceptors (Lipinski definition) is 1. The molecular weight excluding hydrogens is 263 g/mol. The van der Waals surface area contributed by atoms with Crippen molar-refractivity contribution >= 4 is 10.8 Å². The molecule has 0 saturated carbocycles. The molecule has 0 bridgehead atoms. The summed E-state index contributed by atoms with van der Waals surface area (Å²) in [6.07, 6.45) is -3.59. The molecule has 0 heterocycles. The highest BCUT2D eigenvalue weighted by Gasteiger charge is 2.38. The first kappa shape index (κ1) is 14.9. The Hall–Kier alpha value is -1.55. The molecule has 2 N–H and O–H groups in total. The largest absolute Gasteiger partial charge is 0.407 e. The van der Waals surface area contributed by atoms with Crippen molar-refractivity contribution in [1.29, 1.82) is 0 Å². The van der Waals surface area contributed by atoms with Gasteiger partial charge in [-0.3, -0.25) is 0 Å². The minimum absolute atomic E-state index is 0.139. The van der Waals surface area contributed by atoms with Crippen LogP contribution in [-0.2, 0) is 6.42 Å². The molecule has 2 aromatic rings. The average Bonchev–Trinajstić information content (AvgIpc) is 2.36. The molecule has 4 heteroatoms. The first-order valence-electron chi connectivity index (χ1n) is 6.63. The van der Waals surface area contributed by atoms with Crippen LogP contribution in [0.1, 0.15) is 31.0 Å². The van der Waals surface area contributed by atoms with Crippen LogP contribution in [0, 0.1) is 5.92 Å². The molecule has 1 nitrogen and oxygen atoms in total. The van der Waals surface area contributed by atoms with E-state index < -0.39 is 12.2 Å². The predicted octanol–water partition coefficient (Wildman–Crippen LogP) is 4.60. The molecule has 0 saturated heterocycles. The summed E-state index contributed by atoms with van der Waals surface area (Å²) in [6, 6.07) is 8.49. The van der Waals surface area contributed by atoms with Gasteiger partial charge in [0.2, 0.25) is 0 Å². The second-order valence-electron chi connectivity index (χ2n) is 5.48. The Kier molecular flexibility index (Phi) is 4.04. The van der Waals surface area contributed by atoms with Crippen LogP contribution in [0.2, 0.25) is 0 Å². The lowest BCUT2D eigenvalue weighted by Gasteiger charge is -2.19. The van der Waals surface area contributed by atoms with Gasteiger partial charge in [-0.15, -0.1) is 0 Å². The summed E-state index contributed by atoms with van der Waals surface area (Å²) in [5.74, 6) is 0.445. The standard InChI is InChI=1S/C16H18F3N/c1-10(2)9-11-5-3-7-13-12(11)6-4-8-14(13)15(20)16(17,18)19/h3-8,10,15H,9,20H2,1-2H3/t15-/m0/s1. The van der Waals surface area contributed by atoms with E-state index in [-0.39, 0.29) is 5.56 Å². The summed E-state index contributed by atoms with van der Waals surface area (Å²) >= 11 is 0. The second kappa shape index (κ2) is 5.44. The first-order chi connectivity index (χ1) is 9.30. The average molecular weight is 281 g/mol. The third kappa shape index (κ3) is 2.96. The Labute approximate surface area is 116 Å². The van der Waals surface area contributed by atoms with Crippen LogP contribution in [0.5, 0.6) is 0 Å². The van der Waals surface area contributed by atoms with E-state index in [1.807, 2.05) is 12.1 Å². The molecule has 2 rings (SSSR count). The van der Waals surface area contributed by atoms with E-state index in [0.29, 0.717) is 11.3 Å². The Balaban J connectivity index is 2.59. The predicted molar refractivity (Wildman–Crippen MR) is 75.5 cm³/mol. The van der Waals surface area contributed by atoms with E-state index >= 15 is 0 Å². The number of rotatable bonds is 3. The number of nitrogens with two attached hydrogens (primary N) is 1. The Morgan fingerprint density at radius 2 is 1.60 bits per heavy atom. The molecule has 0 spiro atoms. The van der Waals surface area contributed by atoms with Crippen molar-refractivity contribution < 1.29 is 13.2 Å². The van der Waals surface area contributed by atoms with Crippen LogP contribution in [0.4, 0.5) is 13.2 Å². The van der Waals surface area contributed by atoms with E-state index in [4.69, 9.17) is 5.73 Å².